The molecule has 0 bridgehead atoms. The summed E-state index contributed by atoms with van der Waals surface area (Å²) in [4.78, 5) is 16.7. The third-order valence-electron chi connectivity index (χ3n) is 4.53. The second-order valence-electron chi connectivity index (χ2n) is 6.63. The average molecular weight is 387 g/mol. The zero-order valence-corrected chi connectivity index (χ0v) is 16.7. The Hall–Kier alpha value is -0.970. The molecule has 1 saturated heterocycles. The van der Waals surface area contributed by atoms with Crippen molar-refractivity contribution < 1.29 is 9.53 Å². The number of rotatable bonds is 8. The predicted octanol–water partition coefficient (Wildman–Crippen LogP) is 4.73. The van der Waals surface area contributed by atoms with Gasteiger partial charge < -0.3 is 14.5 Å². The van der Waals surface area contributed by atoms with Gasteiger partial charge in [0.05, 0.1) is 16.7 Å². The van der Waals surface area contributed by atoms with Crippen molar-refractivity contribution in [1.82, 2.24) is 9.80 Å². The molecule has 1 aromatic carbocycles. The number of unbranched alkanes of at least 4 members (excludes halogenated alkanes) is 4. The molecule has 0 spiro atoms. The molecule has 1 heterocycles. The summed E-state index contributed by atoms with van der Waals surface area (Å²) in [5, 5.41) is 0.803. The van der Waals surface area contributed by atoms with Gasteiger partial charge in [-0.1, -0.05) is 55.8 Å². The van der Waals surface area contributed by atoms with Crippen LogP contribution in [0.4, 0.5) is 0 Å². The summed E-state index contributed by atoms with van der Waals surface area (Å²) >= 11 is 12.6. The van der Waals surface area contributed by atoms with E-state index >= 15 is 0 Å². The molecule has 140 valence electrons. The zero-order chi connectivity index (χ0) is 18.2. The minimum atomic E-state index is -0.0250. The number of carbonyl (C=O) groups is 1. The van der Waals surface area contributed by atoms with Crippen LogP contribution in [0.15, 0.2) is 12.1 Å². The summed E-state index contributed by atoms with van der Waals surface area (Å²) in [5.41, 5.74) is 0.523. The smallest absolute Gasteiger partial charge is 0.254 e. The first-order chi connectivity index (χ1) is 12.0. The van der Waals surface area contributed by atoms with Crippen molar-refractivity contribution in [1.29, 1.82) is 0 Å². The number of amides is 1. The van der Waals surface area contributed by atoms with E-state index in [9.17, 15) is 4.79 Å². The SMILES string of the molecule is CCCCCCCOc1c(Cl)cc(C(=O)N2CCN(C)CC2)cc1Cl. The fraction of sp³-hybridized carbons (Fsp3) is 0.632. The van der Waals surface area contributed by atoms with Gasteiger partial charge in [-0.25, -0.2) is 0 Å². The largest absolute Gasteiger partial charge is 0.490 e. The Morgan fingerprint density at radius 2 is 1.64 bits per heavy atom. The molecular weight excluding hydrogens is 359 g/mol. The Balaban J connectivity index is 1.93. The van der Waals surface area contributed by atoms with E-state index in [1.165, 1.54) is 19.3 Å². The molecule has 6 heteroatoms. The Labute approximate surface area is 161 Å². The highest BCUT2D eigenvalue weighted by Gasteiger charge is 2.22. The van der Waals surface area contributed by atoms with Crippen LogP contribution < -0.4 is 4.74 Å². The monoisotopic (exact) mass is 386 g/mol. The maximum atomic E-state index is 12.6. The van der Waals surface area contributed by atoms with Gasteiger partial charge in [0.25, 0.3) is 5.91 Å². The Morgan fingerprint density at radius 1 is 1.04 bits per heavy atom. The Kier molecular flexibility index (Phi) is 8.34. The van der Waals surface area contributed by atoms with E-state index < -0.39 is 0 Å². The highest BCUT2D eigenvalue weighted by atomic mass is 35.5. The van der Waals surface area contributed by atoms with Crippen LogP contribution in [0.3, 0.4) is 0 Å². The fourth-order valence-electron chi connectivity index (χ4n) is 2.89. The molecule has 0 unspecified atom stereocenters. The van der Waals surface area contributed by atoms with Crippen LogP contribution in [-0.4, -0.2) is 55.5 Å². The van der Waals surface area contributed by atoms with E-state index in [1.54, 1.807) is 12.1 Å². The first-order valence-corrected chi connectivity index (χ1v) is 9.88. The third kappa shape index (κ3) is 6.05. The summed E-state index contributed by atoms with van der Waals surface area (Å²) in [5.74, 6) is 0.455. The molecule has 0 N–H and O–H groups in total. The molecule has 1 amide bonds. The number of hydrogen-bond donors (Lipinski definition) is 0. The molecule has 1 aliphatic rings. The van der Waals surface area contributed by atoms with Crippen molar-refractivity contribution in [2.75, 3.05) is 39.8 Å². The summed E-state index contributed by atoms with van der Waals surface area (Å²) in [6.07, 6.45) is 5.82. The number of carbonyl (C=O) groups excluding carboxylic acids is 1. The number of likely N-dealkylation sites (N-methyl/N-ethyl adjacent to an activating group) is 1. The zero-order valence-electron chi connectivity index (χ0n) is 15.2. The molecule has 25 heavy (non-hydrogen) atoms. The molecule has 0 atom stereocenters. The molecule has 1 fully saturated rings. The lowest BCUT2D eigenvalue weighted by Crippen LogP contribution is -2.47. The van der Waals surface area contributed by atoms with Crippen molar-refractivity contribution in [2.24, 2.45) is 0 Å². The second-order valence-corrected chi connectivity index (χ2v) is 7.44. The number of halogens is 2. The van der Waals surface area contributed by atoms with Crippen LogP contribution in [0.2, 0.25) is 10.0 Å². The van der Waals surface area contributed by atoms with E-state index in [-0.39, 0.29) is 5.91 Å². The van der Waals surface area contributed by atoms with Crippen LogP contribution in [0.1, 0.15) is 49.4 Å². The first-order valence-electron chi connectivity index (χ1n) is 9.12. The quantitative estimate of drug-likeness (QED) is 0.605. The number of ether oxygens (including phenoxy) is 1. The van der Waals surface area contributed by atoms with Crippen LogP contribution in [-0.2, 0) is 0 Å². The van der Waals surface area contributed by atoms with Crippen molar-refractivity contribution in [3.05, 3.63) is 27.7 Å². The lowest BCUT2D eigenvalue weighted by atomic mass is 10.1. The standard InChI is InChI=1S/C19H28Cl2N2O2/c1-3-4-5-6-7-12-25-18-16(20)13-15(14-17(18)21)19(24)23-10-8-22(2)9-11-23/h13-14H,3-12H2,1-2H3. The molecular formula is C19H28Cl2N2O2. The summed E-state index contributed by atoms with van der Waals surface area (Å²) in [6, 6.07) is 3.33. The molecule has 1 aromatic rings. The minimum absolute atomic E-state index is 0.0250. The van der Waals surface area contributed by atoms with Gasteiger partial charge in [-0.05, 0) is 25.6 Å². The van der Waals surface area contributed by atoms with Gasteiger partial charge in [0.15, 0.2) is 5.75 Å². The topological polar surface area (TPSA) is 32.8 Å². The third-order valence-corrected chi connectivity index (χ3v) is 5.09. The van der Waals surface area contributed by atoms with Gasteiger partial charge in [-0.2, -0.15) is 0 Å². The van der Waals surface area contributed by atoms with Crippen LogP contribution in [0.5, 0.6) is 5.75 Å². The van der Waals surface area contributed by atoms with Crippen LogP contribution in [0.25, 0.3) is 0 Å². The fourth-order valence-corrected chi connectivity index (χ4v) is 3.49. The maximum absolute atomic E-state index is 12.6. The highest BCUT2D eigenvalue weighted by Crippen LogP contribution is 2.34. The number of piperazine rings is 1. The lowest BCUT2D eigenvalue weighted by molar-refractivity contribution is 0.0664. The molecule has 1 aliphatic heterocycles. The lowest BCUT2D eigenvalue weighted by Gasteiger charge is -2.32. The van der Waals surface area contributed by atoms with Crippen molar-refractivity contribution >= 4 is 29.1 Å². The molecule has 0 saturated carbocycles. The van der Waals surface area contributed by atoms with Gasteiger partial charge in [-0.15, -0.1) is 0 Å². The summed E-state index contributed by atoms with van der Waals surface area (Å²) < 4.78 is 5.75. The predicted molar refractivity (Wildman–Crippen MR) is 104 cm³/mol. The van der Waals surface area contributed by atoms with E-state index in [0.29, 0.717) is 28.0 Å². The van der Waals surface area contributed by atoms with E-state index in [4.69, 9.17) is 27.9 Å². The van der Waals surface area contributed by atoms with Crippen molar-refractivity contribution in [3.8, 4) is 5.75 Å². The first kappa shape index (κ1) is 20.3. The van der Waals surface area contributed by atoms with Gasteiger partial charge in [0, 0.05) is 31.7 Å². The van der Waals surface area contributed by atoms with Gasteiger partial charge in [-0.3, -0.25) is 4.79 Å². The number of benzene rings is 1. The van der Waals surface area contributed by atoms with Crippen molar-refractivity contribution in [3.63, 3.8) is 0 Å². The molecule has 2 rings (SSSR count). The highest BCUT2D eigenvalue weighted by molar-refractivity contribution is 6.37. The second kappa shape index (κ2) is 10.2. The van der Waals surface area contributed by atoms with Crippen molar-refractivity contribution in [2.45, 2.75) is 39.0 Å². The van der Waals surface area contributed by atoms with E-state index in [1.807, 2.05) is 4.90 Å². The minimum Gasteiger partial charge on any atom is -0.490 e. The summed E-state index contributed by atoms with van der Waals surface area (Å²) in [6.45, 7) is 6.00. The van der Waals surface area contributed by atoms with Gasteiger partial charge in [0.2, 0.25) is 0 Å². The van der Waals surface area contributed by atoms with E-state index in [2.05, 4.69) is 18.9 Å². The Morgan fingerprint density at radius 3 is 2.24 bits per heavy atom. The Bertz CT molecular complexity index is 550. The number of hydrogen-bond acceptors (Lipinski definition) is 3. The van der Waals surface area contributed by atoms with Crippen LogP contribution in [0, 0.1) is 0 Å². The average Bonchev–Trinajstić information content (AvgIpc) is 2.59. The molecule has 0 aliphatic carbocycles. The number of nitrogens with zero attached hydrogens (tertiary/aromatic N) is 2. The molecule has 4 nitrogen and oxygen atoms in total. The van der Waals surface area contributed by atoms with Crippen LogP contribution >= 0.6 is 23.2 Å². The molecule has 0 aromatic heterocycles. The summed E-state index contributed by atoms with van der Waals surface area (Å²) in [7, 11) is 2.06. The molecule has 0 radical (unpaired) electrons. The van der Waals surface area contributed by atoms with Gasteiger partial charge in [0.1, 0.15) is 0 Å². The van der Waals surface area contributed by atoms with E-state index in [0.717, 1.165) is 39.0 Å². The maximum Gasteiger partial charge on any atom is 0.254 e. The normalized spacial score (nSPS) is 15.4. The van der Waals surface area contributed by atoms with Gasteiger partial charge >= 0.3 is 0 Å².